The van der Waals surface area contributed by atoms with Crippen molar-refractivity contribution in [3.05, 3.63) is 129 Å². The monoisotopic (exact) mass is 798 g/mol. The number of aliphatic hydroxyl groups is 2. The van der Waals surface area contributed by atoms with Gasteiger partial charge < -0.3 is 30.0 Å². The fourth-order valence-electron chi connectivity index (χ4n) is 4.74. The van der Waals surface area contributed by atoms with E-state index in [1.807, 2.05) is 30.3 Å². The number of nitrogens with one attached hydrogen (secondary N) is 2. The van der Waals surface area contributed by atoms with E-state index in [0.29, 0.717) is 6.61 Å². The zero-order valence-electron chi connectivity index (χ0n) is 24.8. The molecule has 2 heterocycles. The van der Waals surface area contributed by atoms with Crippen molar-refractivity contribution in [2.24, 2.45) is 0 Å². The quantitative estimate of drug-likeness (QED) is 0.0704. The zero-order valence-corrected chi connectivity index (χ0v) is 29.5. The molecular weight excluding hydrogens is 764 g/mol. The molecule has 45 heavy (non-hydrogen) atoms. The summed E-state index contributed by atoms with van der Waals surface area (Å²) in [5.74, 6) is 1.03. The second-order valence-corrected chi connectivity index (χ2v) is 12.9. The highest BCUT2D eigenvalue weighted by Crippen LogP contribution is 2.31. The van der Waals surface area contributed by atoms with Gasteiger partial charge >= 0.3 is 0 Å². The van der Waals surface area contributed by atoms with Gasteiger partial charge in [-0.3, -0.25) is 0 Å². The Morgan fingerprint density at radius 1 is 0.622 bits per heavy atom. The van der Waals surface area contributed by atoms with Gasteiger partial charge in [0, 0.05) is 48.6 Å². The van der Waals surface area contributed by atoms with E-state index in [4.69, 9.17) is 9.84 Å². The molecule has 0 aliphatic heterocycles. The molecule has 4 aromatic carbocycles. The summed E-state index contributed by atoms with van der Waals surface area (Å²) >= 11 is 10.3. The predicted molar refractivity (Wildman–Crippen MR) is 194 cm³/mol. The van der Waals surface area contributed by atoms with Crippen LogP contribution in [-0.4, -0.2) is 37.2 Å². The van der Waals surface area contributed by atoms with Gasteiger partial charge in [-0.2, -0.15) is 0 Å². The van der Waals surface area contributed by atoms with E-state index in [1.54, 1.807) is 12.1 Å². The van der Waals surface area contributed by atoms with Gasteiger partial charge in [0.25, 0.3) is 0 Å². The number of ether oxygens (including phenoxy) is 1. The highest BCUT2D eigenvalue weighted by Gasteiger charge is 2.07. The van der Waals surface area contributed by atoms with Gasteiger partial charge in [0.15, 0.2) is 0 Å². The van der Waals surface area contributed by atoms with Crippen molar-refractivity contribution in [2.75, 3.05) is 11.9 Å². The maximum absolute atomic E-state index is 9.28. The van der Waals surface area contributed by atoms with Crippen LogP contribution in [-0.2, 0) is 26.1 Å². The van der Waals surface area contributed by atoms with Crippen molar-refractivity contribution in [3.8, 4) is 11.5 Å². The Kier molecular flexibility index (Phi) is 14.0. The number of hydrogen-bond acceptors (Lipinski definition) is 4. The van der Waals surface area contributed by atoms with Crippen LogP contribution in [0.4, 0.5) is 0 Å². The van der Waals surface area contributed by atoms with E-state index in [-0.39, 0.29) is 19.0 Å². The zero-order chi connectivity index (χ0) is 32.0. The molecule has 2 aromatic heterocycles. The number of rotatable bonds is 10. The molecule has 6 rings (SSSR count). The molecular formula is C36H37Br3N2O4. The molecule has 0 bridgehead atoms. The lowest BCUT2D eigenvalue weighted by Crippen LogP contribution is -1.99. The predicted octanol–water partition coefficient (Wildman–Crippen LogP) is 9.58. The number of halogens is 3. The number of hydrogen-bond donors (Lipinski definition) is 5. The third-order valence-corrected chi connectivity index (χ3v) is 8.82. The van der Waals surface area contributed by atoms with Crippen LogP contribution in [0.1, 0.15) is 35.4 Å². The maximum Gasteiger partial charge on any atom is 0.122 e. The van der Waals surface area contributed by atoms with E-state index in [1.165, 1.54) is 24.0 Å². The molecule has 0 saturated carbocycles. The summed E-state index contributed by atoms with van der Waals surface area (Å²) in [4.78, 5) is 6.17. The van der Waals surface area contributed by atoms with Crippen LogP contribution in [0.25, 0.3) is 21.8 Å². The molecule has 0 saturated heterocycles. The van der Waals surface area contributed by atoms with Crippen LogP contribution >= 0.6 is 47.8 Å². The number of aromatic amines is 2. The minimum absolute atomic E-state index is 0.00832. The van der Waals surface area contributed by atoms with Gasteiger partial charge in [0.2, 0.25) is 0 Å². The third-order valence-electron chi connectivity index (χ3n) is 6.95. The summed E-state index contributed by atoms with van der Waals surface area (Å²) < 4.78 is 7.64. The first-order chi connectivity index (χ1) is 21.9. The lowest BCUT2D eigenvalue weighted by molar-refractivity contribution is 0.277. The molecule has 0 spiro atoms. The summed E-state index contributed by atoms with van der Waals surface area (Å²) in [5, 5.41) is 30.5. The number of aryl methyl sites for hydroxylation is 2. The van der Waals surface area contributed by atoms with Gasteiger partial charge in [0.05, 0.1) is 30.9 Å². The van der Waals surface area contributed by atoms with Crippen molar-refractivity contribution < 1.29 is 20.1 Å². The second kappa shape index (κ2) is 18.2. The van der Waals surface area contributed by atoms with E-state index < -0.39 is 0 Å². The van der Waals surface area contributed by atoms with Gasteiger partial charge in [-0.15, -0.1) is 0 Å². The van der Waals surface area contributed by atoms with Gasteiger partial charge in [-0.1, -0.05) is 76.6 Å². The smallest absolute Gasteiger partial charge is 0.122 e. The average molecular weight is 801 g/mol. The number of H-pyrrole nitrogens is 2. The Morgan fingerprint density at radius 3 is 1.67 bits per heavy atom. The second-order valence-electron chi connectivity index (χ2n) is 10.4. The van der Waals surface area contributed by atoms with Crippen molar-refractivity contribution in [1.29, 1.82) is 0 Å². The molecule has 236 valence electrons. The minimum Gasteiger partial charge on any atom is -0.508 e. The SMILES string of the molecule is BrCCCc1ccccc1.OCc1cc2c(Br)cc(O)cc2[nH]1.OCc1cc2c(Br)cc(OCCCc3ccccc3)cc2[nH]1. The van der Waals surface area contributed by atoms with Gasteiger partial charge in [0.1, 0.15) is 11.5 Å². The fraction of sp³-hybridized carbons (Fsp3) is 0.222. The average Bonchev–Trinajstić information content (AvgIpc) is 3.68. The Morgan fingerprint density at radius 2 is 1.13 bits per heavy atom. The Bertz CT molecular complexity index is 1750. The number of phenolic OH excluding ortho intramolecular Hbond substituents is 1. The van der Waals surface area contributed by atoms with Crippen LogP contribution in [0.2, 0.25) is 0 Å². The summed E-state index contributed by atoms with van der Waals surface area (Å²) in [6, 6.07) is 32.0. The van der Waals surface area contributed by atoms with Crippen molar-refractivity contribution >= 4 is 69.6 Å². The van der Waals surface area contributed by atoms with Crippen LogP contribution < -0.4 is 4.74 Å². The molecule has 5 N–H and O–H groups in total. The van der Waals surface area contributed by atoms with Crippen LogP contribution in [0.3, 0.4) is 0 Å². The number of fused-ring (bicyclic) bond motifs is 2. The topological polar surface area (TPSA) is 102 Å². The standard InChI is InChI=1S/C18H18BrNO2.C9H8BrNO2.C9H11Br/c19-17-10-15(11-18-16(17)9-14(12-21)20-18)22-8-4-7-13-5-2-1-3-6-13;10-8-2-6(13)3-9-7(8)1-5(4-12)11-9;10-8-4-7-9-5-2-1-3-6-9/h1-3,5-6,9-11,20-21H,4,7-8,12H2;1-3,11-13H,4H2;1-3,5-6H,4,7-8H2. The third kappa shape index (κ3) is 10.8. The van der Waals surface area contributed by atoms with E-state index in [2.05, 4.69) is 112 Å². The number of aromatic hydroxyl groups is 1. The highest BCUT2D eigenvalue weighted by atomic mass is 79.9. The molecule has 0 fully saturated rings. The molecule has 0 atom stereocenters. The number of benzene rings is 4. The first-order valence-corrected chi connectivity index (χ1v) is 17.4. The minimum atomic E-state index is -0.0259. The largest absolute Gasteiger partial charge is 0.508 e. The van der Waals surface area contributed by atoms with Crippen LogP contribution in [0, 0.1) is 0 Å². The Balaban J connectivity index is 0.000000170. The number of phenols is 1. The number of aromatic nitrogens is 2. The molecule has 6 aromatic rings. The Hall–Kier alpha value is -3.08. The first kappa shape index (κ1) is 34.8. The number of aliphatic hydroxyl groups excluding tert-OH is 2. The maximum atomic E-state index is 9.28. The summed E-state index contributed by atoms with van der Waals surface area (Å²) in [6.45, 7) is 0.663. The summed E-state index contributed by atoms with van der Waals surface area (Å²) in [7, 11) is 0. The molecule has 0 aliphatic carbocycles. The highest BCUT2D eigenvalue weighted by molar-refractivity contribution is 9.11. The molecule has 6 nitrogen and oxygen atoms in total. The summed E-state index contributed by atoms with van der Waals surface area (Å²) in [5.41, 5.74) is 6.09. The normalized spacial score (nSPS) is 10.7. The van der Waals surface area contributed by atoms with Crippen molar-refractivity contribution in [3.63, 3.8) is 0 Å². The van der Waals surface area contributed by atoms with Crippen LogP contribution in [0.5, 0.6) is 11.5 Å². The van der Waals surface area contributed by atoms with E-state index >= 15 is 0 Å². The first-order valence-electron chi connectivity index (χ1n) is 14.7. The molecule has 0 aliphatic rings. The van der Waals surface area contributed by atoms with E-state index in [0.717, 1.165) is 66.1 Å². The van der Waals surface area contributed by atoms with E-state index in [9.17, 15) is 10.2 Å². The van der Waals surface area contributed by atoms with Gasteiger partial charge in [-0.25, -0.2) is 0 Å². The molecule has 0 unspecified atom stereocenters. The van der Waals surface area contributed by atoms with Crippen LogP contribution in [0.15, 0.2) is 106 Å². The summed E-state index contributed by atoms with van der Waals surface area (Å²) in [6.07, 6.45) is 4.41. The fourth-order valence-corrected chi connectivity index (χ4v) is 6.14. The molecule has 0 amide bonds. The van der Waals surface area contributed by atoms with Crippen molar-refractivity contribution in [1.82, 2.24) is 9.97 Å². The lowest BCUT2D eigenvalue weighted by Gasteiger charge is -2.07. The van der Waals surface area contributed by atoms with Gasteiger partial charge in [-0.05, 0) is 92.9 Å². The molecule has 0 radical (unpaired) electrons. The lowest BCUT2D eigenvalue weighted by atomic mass is 10.1. The van der Waals surface area contributed by atoms with Crippen molar-refractivity contribution in [2.45, 2.75) is 38.9 Å². The molecule has 9 heteroatoms. The number of alkyl halides is 1. The Labute approximate surface area is 288 Å².